The van der Waals surface area contributed by atoms with Crippen LogP contribution in [0.5, 0.6) is 0 Å². The smallest absolute Gasteiger partial charge is 0.0701 e. The Morgan fingerprint density at radius 2 is 2.31 bits per heavy atom. The van der Waals surface area contributed by atoms with Gasteiger partial charge in [0.2, 0.25) is 0 Å². The Labute approximate surface area is 111 Å². The molecule has 0 amide bonds. The van der Waals surface area contributed by atoms with E-state index in [1.807, 2.05) is 0 Å². The number of nitrogens with zero attached hydrogens (tertiary/aromatic N) is 1. The molecule has 4 heteroatoms. The Kier molecular flexibility index (Phi) is 6.58. The molecule has 92 valence electrons. The van der Waals surface area contributed by atoms with Crippen molar-refractivity contribution in [3.8, 4) is 0 Å². The number of hydrogen-bond acceptors (Lipinski definition) is 3. The molecule has 1 heterocycles. The molecule has 2 nitrogen and oxygen atoms in total. The van der Waals surface area contributed by atoms with Crippen molar-refractivity contribution in [3.05, 3.63) is 20.8 Å². The van der Waals surface area contributed by atoms with Gasteiger partial charge in [-0.1, -0.05) is 6.92 Å². The molecule has 1 rings (SSSR count). The Balaban J connectivity index is 2.18. The summed E-state index contributed by atoms with van der Waals surface area (Å²) in [5.41, 5.74) is 6.99. The van der Waals surface area contributed by atoms with Gasteiger partial charge in [0.15, 0.2) is 0 Å². The number of halogens is 1. The highest BCUT2D eigenvalue weighted by Crippen LogP contribution is 2.21. The second kappa shape index (κ2) is 7.43. The number of thiophene rings is 1. The fourth-order valence-electron chi connectivity index (χ4n) is 1.65. The number of nitrogens with two attached hydrogens (primary N) is 1. The molecule has 2 N–H and O–H groups in total. The molecule has 0 fully saturated rings. The van der Waals surface area contributed by atoms with Gasteiger partial charge in [0.1, 0.15) is 0 Å². The van der Waals surface area contributed by atoms with Gasteiger partial charge in [0.25, 0.3) is 0 Å². The van der Waals surface area contributed by atoms with E-state index < -0.39 is 0 Å². The molecule has 0 aliphatic rings. The molecule has 1 unspecified atom stereocenters. The predicted molar refractivity (Wildman–Crippen MR) is 75.8 cm³/mol. The molecule has 0 aliphatic heterocycles. The molecule has 0 aromatic carbocycles. The van der Waals surface area contributed by atoms with E-state index in [-0.39, 0.29) is 0 Å². The van der Waals surface area contributed by atoms with Gasteiger partial charge in [-0.25, -0.2) is 0 Å². The molecule has 0 saturated carbocycles. The van der Waals surface area contributed by atoms with Crippen molar-refractivity contribution in [2.75, 3.05) is 20.1 Å². The van der Waals surface area contributed by atoms with Crippen molar-refractivity contribution in [3.63, 3.8) is 0 Å². The second-order valence-corrected chi connectivity index (χ2v) is 6.77. The van der Waals surface area contributed by atoms with Crippen LogP contribution in [-0.2, 0) is 6.54 Å². The molecule has 1 aromatic heterocycles. The van der Waals surface area contributed by atoms with Gasteiger partial charge in [0.05, 0.1) is 3.79 Å². The minimum Gasteiger partial charge on any atom is -0.330 e. The van der Waals surface area contributed by atoms with Gasteiger partial charge < -0.3 is 10.6 Å². The van der Waals surface area contributed by atoms with Crippen LogP contribution < -0.4 is 5.73 Å². The summed E-state index contributed by atoms with van der Waals surface area (Å²) in [7, 11) is 2.18. The fraction of sp³-hybridized carbons (Fsp3) is 0.667. The molecule has 1 aromatic rings. The third-order valence-corrected chi connectivity index (χ3v) is 4.27. The molecule has 0 spiro atoms. The van der Waals surface area contributed by atoms with Crippen molar-refractivity contribution in [1.82, 2.24) is 4.90 Å². The average molecular weight is 305 g/mol. The molecule has 0 aliphatic carbocycles. The SMILES string of the molecule is CC(CN)CCCN(C)Cc1csc(Br)c1. The summed E-state index contributed by atoms with van der Waals surface area (Å²) < 4.78 is 1.22. The molecule has 16 heavy (non-hydrogen) atoms. The monoisotopic (exact) mass is 304 g/mol. The lowest BCUT2D eigenvalue weighted by atomic mass is 10.1. The van der Waals surface area contributed by atoms with Crippen molar-refractivity contribution in [2.45, 2.75) is 26.3 Å². The zero-order valence-electron chi connectivity index (χ0n) is 10.1. The topological polar surface area (TPSA) is 29.3 Å². The molecule has 1 atom stereocenters. The highest BCUT2D eigenvalue weighted by Gasteiger charge is 2.04. The molecular formula is C12H21BrN2S. The first-order valence-electron chi connectivity index (χ1n) is 5.73. The van der Waals surface area contributed by atoms with E-state index in [4.69, 9.17) is 5.73 Å². The molecule has 0 saturated heterocycles. The van der Waals surface area contributed by atoms with E-state index in [1.54, 1.807) is 11.3 Å². The highest BCUT2D eigenvalue weighted by atomic mass is 79.9. The summed E-state index contributed by atoms with van der Waals surface area (Å²) in [6.45, 7) is 5.22. The summed E-state index contributed by atoms with van der Waals surface area (Å²) in [6, 6.07) is 2.20. The van der Waals surface area contributed by atoms with E-state index in [0.29, 0.717) is 5.92 Å². The Morgan fingerprint density at radius 3 is 2.88 bits per heavy atom. The normalized spacial score (nSPS) is 13.3. The Morgan fingerprint density at radius 1 is 1.56 bits per heavy atom. The second-order valence-electron chi connectivity index (χ2n) is 4.48. The van der Waals surface area contributed by atoms with E-state index in [1.165, 1.54) is 22.2 Å². The van der Waals surface area contributed by atoms with Crippen LogP contribution in [-0.4, -0.2) is 25.0 Å². The summed E-state index contributed by atoms with van der Waals surface area (Å²) in [4.78, 5) is 2.37. The number of rotatable bonds is 7. The fourth-order valence-corrected chi connectivity index (χ4v) is 2.85. The lowest BCUT2D eigenvalue weighted by Gasteiger charge is -2.16. The maximum Gasteiger partial charge on any atom is 0.0701 e. The summed E-state index contributed by atoms with van der Waals surface area (Å²) in [6.07, 6.45) is 2.47. The van der Waals surface area contributed by atoms with E-state index >= 15 is 0 Å². The van der Waals surface area contributed by atoms with Crippen LogP contribution in [0.25, 0.3) is 0 Å². The predicted octanol–water partition coefficient (Wildman–Crippen LogP) is 3.32. The maximum absolute atomic E-state index is 5.60. The first-order chi connectivity index (χ1) is 7.61. The van der Waals surface area contributed by atoms with Crippen LogP contribution in [0, 0.1) is 5.92 Å². The lowest BCUT2D eigenvalue weighted by molar-refractivity contribution is 0.309. The third-order valence-electron chi connectivity index (χ3n) is 2.71. The summed E-state index contributed by atoms with van der Waals surface area (Å²) in [5.74, 6) is 0.656. The minimum absolute atomic E-state index is 0.656. The zero-order chi connectivity index (χ0) is 12.0. The van der Waals surface area contributed by atoms with Crippen LogP contribution in [0.15, 0.2) is 15.2 Å². The molecule has 0 bridgehead atoms. The quantitative estimate of drug-likeness (QED) is 0.837. The van der Waals surface area contributed by atoms with Crippen LogP contribution in [0.4, 0.5) is 0 Å². The zero-order valence-corrected chi connectivity index (χ0v) is 12.5. The standard InChI is InChI=1S/C12H21BrN2S/c1-10(7-14)4-3-5-15(2)8-11-6-12(13)16-9-11/h6,9-10H,3-5,7-8,14H2,1-2H3. The minimum atomic E-state index is 0.656. The van der Waals surface area contributed by atoms with Gasteiger partial charge in [0, 0.05) is 6.54 Å². The van der Waals surface area contributed by atoms with Gasteiger partial charge in [-0.3, -0.25) is 0 Å². The molecule has 0 radical (unpaired) electrons. The van der Waals surface area contributed by atoms with E-state index in [9.17, 15) is 0 Å². The van der Waals surface area contributed by atoms with Crippen molar-refractivity contribution < 1.29 is 0 Å². The third kappa shape index (κ3) is 5.43. The molecular weight excluding hydrogens is 284 g/mol. The lowest BCUT2D eigenvalue weighted by Crippen LogP contribution is -2.20. The van der Waals surface area contributed by atoms with Crippen molar-refractivity contribution >= 4 is 27.3 Å². The first kappa shape index (κ1) is 14.2. The van der Waals surface area contributed by atoms with E-state index in [2.05, 4.69) is 46.2 Å². The van der Waals surface area contributed by atoms with Crippen LogP contribution in [0.3, 0.4) is 0 Å². The highest BCUT2D eigenvalue weighted by molar-refractivity contribution is 9.11. The van der Waals surface area contributed by atoms with Gasteiger partial charge in [-0.2, -0.15) is 0 Å². The number of hydrogen-bond donors (Lipinski definition) is 1. The summed E-state index contributed by atoms with van der Waals surface area (Å²) in [5, 5.41) is 2.21. The Bertz CT molecular complexity index is 301. The largest absolute Gasteiger partial charge is 0.330 e. The van der Waals surface area contributed by atoms with Gasteiger partial charge >= 0.3 is 0 Å². The van der Waals surface area contributed by atoms with Crippen molar-refractivity contribution in [1.29, 1.82) is 0 Å². The van der Waals surface area contributed by atoms with Crippen LogP contribution in [0.2, 0.25) is 0 Å². The van der Waals surface area contributed by atoms with Crippen LogP contribution >= 0.6 is 27.3 Å². The summed E-state index contributed by atoms with van der Waals surface area (Å²) >= 11 is 5.24. The first-order valence-corrected chi connectivity index (χ1v) is 7.40. The van der Waals surface area contributed by atoms with Crippen LogP contribution in [0.1, 0.15) is 25.3 Å². The van der Waals surface area contributed by atoms with Gasteiger partial charge in [-0.15, -0.1) is 11.3 Å². The maximum atomic E-state index is 5.60. The Hall–Kier alpha value is 0.100. The average Bonchev–Trinajstić information content (AvgIpc) is 2.63. The van der Waals surface area contributed by atoms with Crippen molar-refractivity contribution in [2.24, 2.45) is 11.7 Å². The van der Waals surface area contributed by atoms with Gasteiger partial charge in [-0.05, 0) is 71.8 Å². The van der Waals surface area contributed by atoms with E-state index in [0.717, 1.165) is 19.6 Å².